The second-order valence-electron chi connectivity index (χ2n) is 3.66. The fraction of sp³-hybridized carbons (Fsp3) is 0.500. The highest BCUT2D eigenvalue weighted by Gasteiger charge is 2.16. The lowest BCUT2D eigenvalue weighted by molar-refractivity contribution is 0.601. The van der Waals surface area contributed by atoms with E-state index in [1.54, 1.807) is 18.3 Å². The van der Waals surface area contributed by atoms with Gasteiger partial charge in [0.15, 0.2) is 9.84 Å². The highest BCUT2D eigenvalue weighted by molar-refractivity contribution is 7.90. The molecule has 0 saturated carbocycles. The predicted molar refractivity (Wildman–Crippen MR) is 64.3 cm³/mol. The van der Waals surface area contributed by atoms with Crippen LogP contribution in [0, 0.1) is 0 Å². The van der Waals surface area contributed by atoms with Crippen LogP contribution in [0.1, 0.15) is 6.42 Å². The van der Waals surface area contributed by atoms with Crippen molar-refractivity contribution in [2.45, 2.75) is 11.3 Å². The average molecular weight is 243 g/mol. The van der Waals surface area contributed by atoms with E-state index in [9.17, 15) is 8.42 Å². The lowest BCUT2D eigenvalue weighted by Crippen LogP contribution is -2.23. The van der Waals surface area contributed by atoms with Crippen LogP contribution in [0.2, 0.25) is 0 Å². The molecule has 0 aliphatic rings. The van der Waals surface area contributed by atoms with Gasteiger partial charge in [-0.3, -0.25) is 0 Å². The number of nitrogens with two attached hydrogens (primary N) is 1. The molecular weight excluding hydrogens is 226 g/mol. The maximum absolute atomic E-state index is 11.5. The zero-order valence-electron chi connectivity index (χ0n) is 9.55. The Balaban J connectivity index is 3.04. The van der Waals surface area contributed by atoms with Gasteiger partial charge in [0.1, 0.15) is 10.7 Å². The first-order chi connectivity index (χ1) is 7.46. The van der Waals surface area contributed by atoms with Crippen LogP contribution in [-0.2, 0) is 9.84 Å². The first-order valence-electron chi connectivity index (χ1n) is 5.03. The van der Waals surface area contributed by atoms with E-state index in [1.165, 1.54) is 6.26 Å². The number of sulfone groups is 1. The van der Waals surface area contributed by atoms with Gasteiger partial charge in [-0.15, -0.1) is 0 Å². The van der Waals surface area contributed by atoms with Crippen LogP contribution in [0.3, 0.4) is 0 Å². The van der Waals surface area contributed by atoms with Crippen LogP contribution >= 0.6 is 0 Å². The summed E-state index contributed by atoms with van der Waals surface area (Å²) in [6.45, 7) is 1.27. The molecule has 0 radical (unpaired) electrons. The quantitative estimate of drug-likeness (QED) is 0.803. The molecule has 6 heteroatoms. The summed E-state index contributed by atoms with van der Waals surface area (Å²) < 4.78 is 23.1. The summed E-state index contributed by atoms with van der Waals surface area (Å²) in [5, 5.41) is 0. The fourth-order valence-corrected chi connectivity index (χ4v) is 2.26. The minimum Gasteiger partial charge on any atom is -0.359 e. The Morgan fingerprint density at radius 2 is 2.19 bits per heavy atom. The highest BCUT2D eigenvalue weighted by atomic mass is 32.2. The summed E-state index contributed by atoms with van der Waals surface area (Å²) in [4.78, 5) is 6.17. The molecule has 90 valence electrons. The predicted octanol–water partition coefficient (Wildman–Crippen LogP) is 0.270. The molecule has 5 nitrogen and oxygen atoms in total. The summed E-state index contributed by atoms with van der Waals surface area (Å²) in [7, 11) is -1.43. The van der Waals surface area contributed by atoms with Gasteiger partial charge >= 0.3 is 0 Å². The van der Waals surface area contributed by atoms with Gasteiger partial charge in [-0.05, 0) is 25.1 Å². The van der Waals surface area contributed by atoms with Gasteiger partial charge in [0.05, 0.1) is 0 Å². The average Bonchev–Trinajstić information content (AvgIpc) is 2.24. The van der Waals surface area contributed by atoms with Crippen LogP contribution in [0.25, 0.3) is 0 Å². The van der Waals surface area contributed by atoms with Crippen molar-refractivity contribution >= 4 is 15.7 Å². The Kier molecular flexibility index (Phi) is 4.26. The molecule has 1 aromatic rings. The molecule has 16 heavy (non-hydrogen) atoms. The molecular formula is C10H17N3O2S. The zero-order valence-corrected chi connectivity index (χ0v) is 10.4. The van der Waals surface area contributed by atoms with Crippen LogP contribution < -0.4 is 10.6 Å². The molecule has 0 saturated heterocycles. The molecule has 0 bridgehead atoms. The van der Waals surface area contributed by atoms with Crippen LogP contribution in [0.5, 0.6) is 0 Å². The second kappa shape index (κ2) is 5.27. The number of rotatable bonds is 5. The number of hydrogen-bond donors (Lipinski definition) is 1. The van der Waals surface area contributed by atoms with Crippen LogP contribution in [0.4, 0.5) is 5.82 Å². The number of hydrogen-bond acceptors (Lipinski definition) is 5. The fourth-order valence-electron chi connectivity index (χ4n) is 1.39. The van der Waals surface area contributed by atoms with E-state index < -0.39 is 9.84 Å². The first kappa shape index (κ1) is 12.9. The Bertz CT molecular complexity index is 445. The van der Waals surface area contributed by atoms with Crippen molar-refractivity contribution in [3.8, 4) is 0 Å². The second-order valence-corrected chi connectivity index (χ2v) is 5.65. The van der Waals surface area contributed by atoms with Gasteiger partial charge in [-0.25, -0.2) is 13.4 Å². The third-order valence-electron chi connectivity index (χ3n) is 2.21. The summed E-state index contributed by atoms with van der Waals surface area (Å²) in [5.74, 6) is 0.485. The number of anilines is 1. The van der Waals surface area contributed by atoms with E-state index >= 15 is 0 Å². The monoisotopic (exact) mass is 243 g/mol. The van der Waals surface area contributed by atoms with E-state index in [4.69, 9.17) is 5.73 Å². The van der Waals surface area contributed by atoms with Crippen molar-refractivity contribution in [1.29, 1.82) is 0 Å². The van der Waals surface area contributed by atoms with E-state index in [1.807, 2.05) is 11.9 Å². The number of pyridine rings is 1. The molecule has 2 N–H and O–H groups in total. The minimum atomic E-state index is -3.24. The summed E-state index contributed by atoms with van der Waals surface area (Å²) in [6, 6.07) is 3.19. The maximum atomic E-state index is 11.5. The molecule has 0 fully saturated rings. The Morgan fingerprint density at radius 1 is 1.50 bits per heavy atom. The zero-order chi connectivity index (χ0) is 12.2. The van der Waals surface area contributed by atoms with Crippen LogP contribution in [0.15, 0.2) is 23.2 Å². The topological polar surface area (TPSA) is 76.3 Å². The van der Waals surface area contributed by atoms with Crippen molar-refractivity contribution < 1.29 is 8.42 Å². The van der Waals surface area contributed by atoms with E-state index in [0.29, 0.717) is 18.9 Å². The molecule has 0 spiro atoms. The summed E-state index contributed by atoms with van der Waals surface area (Å²) in [5.41, 5.74) is 5.41. The largest absolute Gasteiger partial charge is 0.359 e. The Hall–Kier alpha value is -1.14. The van der Waals surface area contributed by atoms with Crippen molar-refractivity contribution in [3.05, 3.63) is 18.3 Å². The van der Waals surface area contributed by atoms with Gasteiger partial charge in [0.2, 0.25) is 0 Å². The van der Waals surface area contributed by atoms with Gasteiger partial charge in [0, 0.05) is 26.0 Å². The third kappa shape index (κ3) is 3.18. The van der Waals surface area contributed by atoms with Crippen molar-refractivity contribution in [2.24, 2.45) is 5.73 Å². The van der Waals surface area contributed by atoms with E-state index in [-0.39, 0.29) is 4.90 Å². The molecule has 0 aliphatic carbocycles. The number of nitrogens with zero attached hydrogens (tertiary/aromatic N) is 2. The van der Waals surface area contributed by atoms with Crippen molar-refractivity contribution in [2.75, 3.05) is 31.3 Å². The highest BCUT2D eigenvalue weighted by Crippen LogP contribution is 2.20. The smallest absolute Gasteiger partial charge is 0.179 e. The normalized spacial score (nSPS) is 11.4. The molecule has 1 heterocycles. The number of aromatic nitrogens is 1. The summed E-state index contributed by atoms with van der Waals surface area (Å²) in [6.07, 6.45) is 3.57. The van der Waals surface area contributed by atoms with Crippen molar-refractivity contribution in [3.63, 3.8) is 0 Å². The van der Waals surface area contributed by atoms with Gasteiger partial charge in [0.25, 0.3) is 0 Å². The molecule has 0 unspecified atom stereocenters. The van der Waals surface area contributed by atoms with E-state index in [2.05, 4.69) is 4.98 Å². The first-order valence-corrected chi connectivity index (χ1v) is 6.92. The van der Waals surface area contributed by atoms with Crippen LogP contribution in [-0.4, -0.2) is 39.8 Å². The minimum absolute atomic E-state index is 0.259. The SMILES string of the molecule is CN(CCCN)c1ncccc1S(C)(=O)=O. The van der Waals surface area contributed by atoms with Gasteiger partial charge in [-0.2, -0.15) is 0 Å². The standard InChI is InChI=1S/C10H17N3O2S/c1-13(8-4-6-11)10-9(16(2,14)15)5-3-7-12-10/h3,5,7H,4,6,8,11H2,1-2H3. The Labute approximate surface area is 96.2 Å². The molecule has 1 aromatic heterocycles. The van der Waals surface area contributed by atoms with Gasteiger partial charge in [-0.1, -0.05) is 0 Å². The maximum Gasteiger partial charge on any atom is 0.179 e. The van der Waals surface area contributed by atoms with Gasteiger partial charge < -0.3 is 10.6 Å². The molecule has 1 rings (SSSR count). The molecule has 0 atom stereocenters. The Morgan fingerprint density at radius 3 is 2.75 bits per heavy atom. The summed E-state index contributed by atoms with van der Waals surface area (Å²) >= 11 is 0. The lowest BCUT2D eigenvalue weighted by Gasteiger charge is -2.19. The molecule has 0 aliphatic heterocycles. The van der Waals surface area contributed by atoms with Crippen molar-refractivity contribution in [1.82, 2.24) is 4.98 Å². The third-order valence-corrected chi connectivity index (χ3v) is 3.33. The lowest BCUT2D eigenvalue weighted by atomic mass is 10.3. The van der Waals surface area contributed by atoms with E-state index in [0.717, 1.165) is 6.42 Å². The molecule has 0 amide bonds. The molecule has 0 aromatic carbocycles.